The predicted octanol–water partition coefficient (Wildman–Crippen LogP) is 4.34. The normalized spacial score (nSPS) is 31.9. The van der Waals surface area contributed by atoms with Crippen LogP contribution in [0.25, 0.3) is 0 Å². The largest absolute Gasteiger partial charge is 0.508 e. The van der Waals surface area contributed by atoms with Crippen LogP contribution in [-0.2, 0) is 10.2 Å². The van der Waals surface area contributed by atoms with Crippen molar-refractivity contribution in [2.24, 2.45) is 5.92 Å². The highest BCUT2D eigenvalue weighted by molar-refractivity contribution is 5.33. The molecule has 3 unspecified atom stereocenters. The Balaban J connectivity index is 1.49. The maximum absolute atomic E-state index is 9.81. The molecule has 2 aliphatic rings. The summed E-state index contributed by atoms with van der Waals surface area (Å²) in [6.45, 7) is 9.19. The fourth-order valence-electron chi connectivity index (χ4n) is 4.39. The Morgan fingerprint density at radius 1 is 1.33 bits per heavy atom. The van der Waals surface area contributed by atoms with Gasteiger partial charge < -0.3 is 14.7 Å². The molecule has 3 rings (SSSR count). The zero-order valence-corrected chi connectivity index (χ0v) is 15.3. The number of rotatable bonds is 5. The zero-order valence-electron chi connectivity index (χ0n) is 15.3. The molecule has 0 aromatic heterocycles. The molecule has 1 N–H and O–H groups in total. The molecule has 0 spiro atoms. The Hall–Kier alpha value is -1.06. The third-order valence-electron chi connectivity index (χ3n) is 6.35. The van der Waals surface area contributed by atoms with Crippen molar-refractivity contribution >= 4 is 0 Å². The number of hydrogen-bond donors (Lipinski definition) is 1. The van der Waals surface area contributed by atoms with Gasteiger partial charge in [-0.1, -0.05) is 26.0 Å². The van der Waals surface area contributed by atoms with Crippen molar-refractivity contribution in [2.75, 3.05) is 26.2 Å². The average Bonchev–Trinajstić information content (AvgIpc) is 2.59. The summed E-state index contributed by atoms with van der Waals surface area (Å²) in [5.41, 5.74) is 1.45. The highest BCUT2D eigenvalue weighted by atomic mass is 16.5. The van der Waals surface area contributed by atoms with Gasteiger partial charge in [-0.25, -0.2) is 0 Å². The molecule has 2 fully saturated rings. The second-order valence-electron chi connectivity index (χ2n) is 8.05. The first kappa shape index (κ1) is 17.8. The van der Waals surface area contributed by atoms with Crippen molar-refractivity contribution in [3.05, 3.63) is 29.8 Å². The summed E-state index contributed by atoms with van der Waals surface area (Å²) in [6.07, 6.45) is 7.98. The van der Waals surface area contributed by atoms with E-state index in [1.165, 1.54) is 44.2 Å². The smallest absolute Gasteiger partial charge is 0.115 e. The molecule has 24 heavy (non-hydrogen) atoms. The van der Waals surface area contributed by atoms with Crippen molar-refractivity contribution in [3.8, 4) is 5.75 Å². The van der Waals surface area contributed by atoms with Crippen LogP contribution in [0.15, 0.2) is 24.3 Å². The van der Waals surface area contributed by atoms with Crippen molar-refractivity contribution < 1.29 is 9.84 Å². The first-order chi connectivity index (χ1) is 11.6. The Kier molecular flexibility index (Phi) is 5.83. The fraction of sp³-hybridized carbons (Fsp3) is 0.714. The predicted molar refractivity (Wildman–Crippen MR) is 98.5 cm³/mol. The lowest BCUT2D eigenvalue weighted by Crippen LogP contribution is -2.47. The fourth-order valence-corrected chi connectivity index (χ4v) is 4.39. The number of benzene rings is 1. The minimum Gasteiger partial charge on any atom is -0.508 e. The van der Waals surface area contributed by atoms with Crippen LogP contribution in [0.4, 0.5) is 0 Å². The first-order valence-electron chi connectivity index (χ1n) is 9.71. The third kappa shape index (κ3) is 4.12. The summed E-state index contributed by atoms with van der Waals surface area (Å²) >= 11 is 0. The van der Waals surface area contributed by atoms with Crippen LogP contribution in [0.3, 0.4) is 0 Å². The van der Waals surface area contributed by atoms with Crippen LogP contribution in [0.1, 0.15) is 57.9 Å². The molecular formula is C21H33NO2. The van der Waals surface area contributed by atoms with Crippen molar-refractivity contribution in [3.63, 3.8) is 0 Å². The minimum absolute atomic E-state index is 0.168. The number of likely N-dealkylation sites (tertiary alicyclic amines) is 1. The van der Waals surface area contributed by atoms with E-state index in [1.807, 2.05) is 12.1 Å². The molecule has 2 aliphatic heterocycles. The highest BCUT2D eigenvalue weighted by Crippen LogP contribution is 2.40. The van der Waals surface area contributed by atoms with Crippen molar-refractivity contribution in [1.29, 1.82) is 0 Å². The van der Waals surface area contributed by atoms with E-state index in [2.05, 4.69) is 24.8 Å². The maximum Gasteiger partial charge on any atom is 0.115 e. The van der Waals surface area contributed by atoms with Gasteiger partial charge in [0.1, 0.15) is 5.75 Å². The number of piperidine rings is 1. The molecule has 2 saturated heterocycles. The van der Waals surface area contributed by atoms with Gasteiger partial charge in [-0.15, -0.1) is 0 Å². The van der Waals surface area contributed by atoms with Gasteiger partial charge in [-0.05, 0) is 80.6 Å². The maximum atomic E-state index is 9.81. The molecule has 0 bridgehead atoms. The minimum atomic E-state index is 0.168. The van der Waals surface area contributed by atoms with Gasteiger partial charge in [0.25, 0.3) is 0 Å². The van der Waals surface area contributed by atoms with Gasteiger partial charge >= 0.3 is 0 Å². The van der Waals surface area contributed by atoms with Crippen molar-refractivity contribution in [1.82, 2.24) is 4.90 Å². The number of ether oxygens (including phenoxy) is 1. The molecule has 3 heteroatoms. The molecule has 3 nitrogen and oxygen atoms in total. The standard InChI is InChI=1S/C21H33NO2/c1-17-16-22(12-6-10-20-9-3-4-14-24-20)13-11-21(17,2)18-7-5-8-19(23)15-18/h5,7-8,15,17,20,23H,3-4,6,9-14,16H2,1-2H3. The Morgan fingerprint density at radius 3 is 2.92 bits per heavy atom. The van der Waals surface area contributed by atoms with Crippen LogP contribution in [0.5, 0.6) is 5.75 Å². The van der Waals surface area contributed by atoms with E-state index >= 15 is 0 Å². The van der Waals surface area contributed by atoms with Crippen LogP contribution in [0, 0.1) is 5.92 Å². The van der Waals surface area contributed by atoms with Crippen LogP contribution in [-0.4, -0.2) is 42.4 Å². The van der Waals surface area contributed by atoms with E-state index < -0.39 is 0 Å². The topological polar surface area (TPSA) is 32.7 Å². The summed E-state index contributed by atoms with van der Waals surface area (Å²) < 4.78 is 5.85. The van der Waals surface area contributed by atoms with Gasteiger partial charge in [0.15, 0.2) is 0 Å². The molecular weight excluding hydrogens is 298 g/mol. The Labute approximate surface area is 147 Å². The number of hydrogen-bond acceptors (Lipinski definition) is 3. The molecule has 0 radical (unpaired) electrons. The summed E-state index contributed by atoms with van der Waals surface area (Å²) in [6, 6.07) is 7.86. The Morgan fingerprint density at radius 2 is 2.21 bits per heavy atom. The average molecular weight is 331 g/mol. The van der Waals surface area contributed by atoms with Gasteiger partial charge in [-0.2, -0.15) is 0 Å². The van der Waals surface area contributed by atoms with Crippen LogP contribution in [0.2, 0.25) is 0 Å². The molecule has 0 amide bonds. The second-order valence-corrected chi connectivity index (χ2v) is 8.05. The number of nitrogens with zero attached hydrogens (tertiary/aromatic N) is 1. The summed E-state index contributed by atoms with van der Waals surface area (Å²) in [5, 5.41) is 9.81. The summed E-state index contributed by atoms with van der Waals surface area (Å²) in [4.78, 5) is 2.62. The molecule has 0 saturated carbocycles. The number of phenolic OH excluding ortho intramolecular Hbond substituents is 1. The summed E-state index contributed by atoms with van der Waals surface area (Å²) in [7, 11) is 0. The monoisotopic (exact) mass is 331 g/mol. The highest BCUT2D eigenvalue weighted by Gasteiger charge is 2.37. The summed E-state index contributed by atoms with van der Waals surface area (Å²) in [5.74, 6) is 0.981. The lowest BCUT2D eigenvalue weighted by atomic mass is 9.68. The lowest BCUT2D eigenvalue weighted by molar-refractivity contribution is 0.00721. The second kappa shape index (κ2) is 7.88. The molecule has 2 heterocycles. The molecule has 0 aliphatic carbocycles. The lowest BCUT2D eigenvalue weighted by Gasteiger charge is -2.45. The van der Waals surface area contributed by atoms with Crippen molar-refractivity contribution in [2.45, 2.75) is 63.9 Å². The SMILES string of the molecule is CC1CN(CCCC2CCCCO2)CCC1(C)c1cccc(O)c1. The number of phenols is 1. The Bertz CT molecular complexity index is 526. The molecule has 3 atom stereocenters. The third-order valence-corrected chi connectivity index (χ3v) is 6.35. The van der Waals surface area contributed by atoms with Crippen LogP contribution < -0.4 is 0 Å². The zero-order chi connectivity index (χ0) is 17.0. The van der Waals surface area contributed by atoms with Gasteiger partial charge in [0.2, 0.25) is 0 Å². The van der Waals surface area contributed by atoms with E-state index in [4.69, 9.17) is 4.74 Å². The van der Waals surface area contributed by atoms with Gasteiger partial charge in [-0.3, -0.25) is 0 Å². The van der Waals surface area contributed by atoms with E-state index in [9.17, 15) is 5.11 Å². The molecule has 134 valence electrons. The van der Waals surface area contributed by atoms with Gasteiger partial charge in [0, 0.05) is 13.2 Å². The van der Waals surface area contributed by atoms with Crippen LogP contribution >= 0.6 is 0 Å². The first-order valence-corrected chi connectivity index (χ1v) is 9.71. The van der Waals surface area contributed by atoms with E-state index in [0.29, 0.717) is 17.8 Å². The quantitative estimate of drug-likeness (QED) is 0.871. The van der Waals surface area contributed by atoms with E-state index in [1.54, 1.807) is 6.07 Å². The van der Waals surface area contributed by atoms with Gasteiger partial charge in [0.05, 0.1) is 6.10 Å². The molecule has 1 aromatic rings. The van der Waals surface area contributed by atoms with E-state index in [-0.39, 0.29) is 5.41 Å². The molecule has 1 aromatic carbocycles. The number of aromatic hydroxyl groups is 1. The van der Waals surface area contributed by atoms with E-state index in [0.717, 1.165) is 26.1 Å².